The van der Waals surface area contributed by atoms with Gasteiger partial charge < -0.3 is 15.2 Å². The number of carbonyl (C=O) groups is 1. The van der Waals surface area contributed by atoms with Gasteiger partial charge in [0.25, 0.3) is 15.6 Å². The summed E-state index contributed by atoms with van der Waals surface area (Å²) in [5, 5.41) is 18.5. The van der Waals surface area contributed by atoms with E-state index in [1.165, 1.54) is 36.4 Å². The molecule has 27 heavy (non-hydrogen) atoms. The Morgan fingerprint density at radius 1 is 1.07 bits per heavy atom. The molecule has 0 saturated carbocycles. The zero-order valence-electron chi connectivity index (χ0n) is 13.6. The van der Waals surface area contributed by atoms with Crippen LogP contribution in [0.3, 0.4) is 0 Å². The Morgan fingerprint density at radius 3 is 2.44 bits per heavy atom. The van der Waals surface area contributed by atoms with Gasteiger partial charge in [0.1, 0.15) is 5.82 Å². The van der Waals surface area contributed by atoms with E-state index in [2.05, 4.69) is 14.7 Å². The summed E-state index contributed by atoms with van der Waals surface area (Å²) in [5.41, 5.74) is -1.39. The van der Waals surface area contributed by atoms with Gasteiger partial charge in [0, 0.05) is 11.3 Å². The van der Waals surface area contributed by atoms with E-state index in [-0.39, 0.29) is 22.0 Å². The van der Waals surface area contributed by atoms with Crippen molar-refractivity contribution in [2.45, 2.75) is 4.90 Å². The van der Waals surface area contributed by atoms with E-state index in [1.54, 1.807) is 18.2 Å². The summed E-state index contributed by atoms with van der Waals surface area (Å²) in [7, 11) is -3.83. The molecule has 3 aromatic rings. The molecule has 138 valence electrons. The number of aromatic nitrogens is 2. The van der Waals surface area contributed by atoms with Crippen molar-refractivity contribution in [2.24, 2.45) is 0 Å². The summed E-state index contributed by atoms with van der Waals surface area (Å²) in [5.74, 6) is -2.70. The van der Waals surface area contributed by atoms with Gasteiger partial charge in [-0.05, 0) is 24.3 Å². The number of benzene rings is 2. The van der Waals surface area contributed by atoms with Crippen LogP contribution in [-0.2, 0) is 10.0 Å². The number of H-pyrrole nitrogens is 1. The maximum Gasteiger partial charge on any atom is 0.358 e. The molecular formula is C17H13N3O6S. The Morgan fingerprint density at radius 2 is 1.78 bits per heavy atom. The summed E-state index contributed by atoms with van der Waals surface area (Å²) in [6, 6.07) is 13.6. The van der Waals surface area contributed by atoms with E-state index in [9.17, 15) is 23.1 Å². The minimum atomic E-state index is -3.83. The Balaban J connectivity index is 2.00. The molecule has 3 rings (SSSR count). The van der Waals surface area contributed by atoms with Crippen molar-refractivity contribution in [2.75, 3.05) is 4.72 Å². The molecule has 10 heteroatoms. The first kappa shape index (κ1) is 18.1. The number of nitrogens with zero attached hydrogens (tertiary/aromatic N) is 1. The molecule has 2 aromatic carbocycles. The van der Waals surface area contributed by atoms with E-state index in [4.69, 9.17) is 5.11 Å². The SMILES string of the molecule is O=C(O)c1nc(-c2cccc(NS(=O)(=O)c3ccccc3)c2)[nH]c(=O)c1O. The normalized spacial score (nSPS) is 11.1. The Bertz CT molecular complexity index is 1170. The second kappa shape index (κ2) is 6.92. The molecule has 0 atom stereocenters. The monoisotopic (exact) mass is 387 g/mol. The lowest BCUT2D eigenvalue weighted by Gasteiger charge is -2.10. The molecule has 0 aliphatic heterocycles. The van der Waals surface area contributed by atoms with Crippen LogP contribution in [0.4, 0.5) is 5.69 Å². The van der Waals surface area contributed by atoms with Crippen LogP contribution in [-0.4, -0.2) is 34.6 Å². The Kier molecular flexibility index (Phi) is 4.65. The molecular weight excluding hydrogens is 374 g/mol. The quantitative estimate of drug-likeness (QED) is 0.520. The molecule has 0 fully saturated rings. The first-order valence-electron chi connectivity index (χ1n) is 7.53. The molecule has 4 N–H and O–H groups in total. The Labute approximate surface area is 153 Å². The average molecular weight is 387 g/mol. The van der Waals surface area contributed by atoms with Crippen LogP contribution in [0.1, 0.15) is 10.5 Å². The first-order chi connectivity index (χ1) is 12.8. The van der Waals surface area contributed by atoms with Crippen LogP contribution >= 0.6 is 0 Å². The molecule has 0 aliphatic carbocycles. The molecule has 0 aliphatic rings. The lowest BCUT2D eigenvalue weighted by Crippen LogP contribution is -2.15. The maximum atomic E-state index is 12.4. The number of hydrogen-bond donors (Lipinski definition) is 4. The van der Waals surface area contributed by atoms with Gasteiger partial charge in [-0.2, -0.15) is 0 Å². The summed E-state index contributed by atoms with van der Waals surface area (Å²) in [6.45, 7) is 0. The molecule has 0 unspecified atom stereocenters. The van der Waals surface area contributed by atoms with Crippen LogP contribution in [0.15, 0.2) is 64.3 Å². The molecule has 0 amide bonds. The van der Waals surface area contributed by atoms with Gasteiger partial charge in [-0.25, -0.2) is 18.2 Å². The molecule has 0 bridgehead atoms. The van der Waals surface area contributed by atoms with Crippen LogP contribution in [0.5, 0.6) is 5.75 Å². The van der Waals surface area contributed by atoms with Gasteiger partial charge in [0.2, 0.25) is 5.75 Å². The standard InChI is InChI=1S/C17H13N3O6S/c21-14-13(17(23)24)18-15(19-16(14)22)10-5-4-6-11(9-10)20-27(25,26)12-7-2-1-3-8-12/h1-9,20-21H,(H,23,24)(H,18,19,22). The van der Waals surface area contributed by atoms with E-state index in [0.29, 0.717) is 0 Å². The largest absolute Gasteiger partial charge is 0.501 e. The molecule has 0 saturated heterocycles. The van der Waals surface area contributed by atoms with Crippen LogP contribution in [0.2, 0.25) is 0 Å². The zero-order chi connectivity index (χ0) is 19.6. The molecule has 0 radical (unpaired) electrons. The van der Waals surface area contributed by atoms with Crippen LogP contribution in [0, 0.1) is 0 Å². The number of carboxylic acids is 1. The minimum Gasteiger partial charge on any atom is -0.501 e. The highest BCUT2D eigenvalue weighted by molar-refractivity contribution is 7.92. The third-order valence-electron chi connectivity index (χ3n) is 3.54. The van der Waals surface area contributed by atoms with Gasteiger partial charge in [-0.1, -0.05) is 30.3 Å². The van der Waals surface area contributed by atoms with Gasteiger partial charge in [0.05, 0.1) is 4.90 Å². The molecule has 1 aromatic heterocycles. The number of aromatic carboxylic acids is 1. The molecule has 9 nitrogen and oxygen atoms in total. The minimum absolute atomic E-state index is 0.0692. The number of rotatable bonds is 5. The highest BCUT2D eigenvalue weighted by atomic mass is 32.2. The lowest BCUT2D eigenvalue weighted by atomic mass is 10.2. The number of sulfonamides is 1. The second-order valence-electron chi connectivity index (χ2n) is 5.42. The number of aromatic hydroxyl groups is 1. The smallest absolute Gasteiger partial charge is 0.358 e. The topological polar surface area (TPSA) is 149 Å². The predicted octanol–water partition coefficient (Wildman–Crippen LogP) is 1.64. The van der Waals surface area contributed by atoms with Crippen LogP contribution < -0.4 is 10.3 Å². The van der Waals surface area contributed by atoms with Crippen molar-refractivity contribution in [3.63, 3.8) is 0 Å². The zero-order valence-corrected chi connectivity index (χ0v) is 14.4. The van der Waals surface area contributed by atoms with E-state index < -0.39 is 33.0 Å². The first-order valence-corrected chi connectivity index (χ1v) is 9.01. The van der Waals surface area contributed by atoms with Crippen molar-refractivity contribution in [1.29, 1.82) is 0 Å². The maximum absolute atomic E-state index is 12.4. The number of hydrogen-bond acceptors (Lipinski definition) is 6. The predicted molar refractivity (Wildman–Crippen MR) is 96.2 cm³/mol. The van der Waals surface area contributed by atoms with Gasteiger partial charge in [-0.3, -0.25) is 9.52 Å². The fourth-order valence-electron chi connectivity index (χ4n) is 2.30. The number of carboxylic acid groups (broad SMARTS) is 1. The number of aromatic amines is 1. The van der Waals surface area contributed by atoms with Crippen molar-refractivity contribution in [3.05, 3.63) is 70.6 Å². The lowest BCUT2D eigenvalue weighted by molar-refractivity contribution is 0.0686. The fourth-order valence-corrected chi connectivity index (χ4v) is 3.37. The molecule has 1 heterocycles. The van der Waals surface area contributed by atoms with Gasteiger partial charge in [-0.15, -0.1) is 0 Å². The summed E-state index contributed by atoms with van der Waals surface area (Å²) in [4.78, 5) is 28.9. The second-order valence-corrected chi connectivity index (χ2v) is 7.10. The third-order valence-corrected chi connectivity index (χ3v) is 4.94. The average Bonchev–Trinajstić information content (AvgIpc) is 2.64. The van der Waals surface area contributed by atoms with Gasteiger partial charge in [0.15, 0.2) is 5.69 Å². The summed E-state index contributed by atoms with van der Waals surface area (Å²) in [6.07, 6.45) is 0. The van der Waals surface area contributed by atoms with E-state index >= 15 is 0 Å². The van der Waals surface area contributed by atoms with Crippen LogP contribution in [0.25, 0.3) is 11.4 Å². The highest BCUT2D eigenvalue weighted by Gasteiger charge is 2.18. The van der Waals surface area contributed by atoms with E-state index in [0.717, 1.165) is 0 Å². The summed E-state index contributed by atoms with van der Waals surface area (Å²) < 4.78 is 27.2. The highest BCUT2D eigenvalue weighted by Crippen LogP contribution is 2.22. The number of anilines is 1. The van der Waals surface area contributed by atoms with E-state index in [1.807, 2.05) is 0 Å². The summed E-state index contributed by atoms with van der Waals surface area (Å²) >= 11 is 0. The fraction of sp³-hybridized carbons (Fsp3) is 0. The Hall–Kier alpha value is -3.66. The van der Waals surface area contributed by atoms with Gasteiger partial charge >= 0.3 is 5.97 Å². The van der Waals surface area contributed by atoms with Crippen molar-refractivity contribution >= 4 is 21.7 Å². The van der Waals surface area contributed by atoms with Crippen molar-refractivity contribution < 1.29 is 23.4 Å². The number of nitrogens with one attached hydrogen (secondary N) is 2. The third kappa shape index (κ3) is 3.80. The van der Waals surface area contributed by atoms with Crippen molar-refractivity contribution in [3.8, 4) is 17.1 Å². The molecule has 0 spiro atoms. The van der Waals surface area contributed by atoms with Crippen molar-refractivity contribution in [1.82, 2.24) is 9.97 Å².